The number of fused-ring (bicyclic) bond motifs is 3. The zero-order chi connectivity index (χ0) is 16.1. The third-order valence-electron chi connectivity index (χ3n) is 3.33. The Morgan fingerprint density at radius 1 is 1.09 bits per heavy atom. The smallest absolute Gasteiger partial charge is 0.282 e. The zero-order valence-electron chi connectivity index (χ0n) is 11.7. The van der Waals surface area contributed by atoms with Crippen molar-refractivity contribution in [1.29, 1.82) is 0 Å². The van der Waals surface area contributed by atoms with Gasteiger partial charge in [-0.05, 0) is 31.2 Å². The van der Waals surface area contributed by atoms with Crippen LogP contribution in [0.2, 0.25) is 10.0 Å². The van der Waals surface area contributed by atoms with Crippen LogP contribution in [0.25, 0.3) is 22.5 Å². The highest BCUT2D eigenvalue weighted by Crippen LogP contribution is 2.21. The van der Waals surface area contributed by atoms with E-state index in [1.54, 1.807) is 37.4 Å². The number of rotatable bonds is 1. The second-order valence-electron chi connectivity index (χ2n) is 4.92. The van der Waals surface area contributed by atoms with Crippen molar-refractivity contribution in [3.05, 3.63) is 56.7 Å². The van der Waals surface area contributed by atoms with Gasteiger partial charge in [0.25, 0.3) is 11.3 Å². The van der Waals surface area contributed by atoms with Crippen LogP contribution in [0.5, 0.6) is 0 Å². The number of aromatic nitrogens is 6. The molecule has 0 unspecified atom stereocenters. The molecular formula is C14H8Cl2N6O. The number of aryl methyl sites for hydroxylation is 1. The summed E-state index contributed by atoms with van der Waals surface area (Å²) in [6, 6.07) is 6.61. The third-order valence-corrected chi connectivity index (χ3v) is 3.77. The molecule has 0 saturated heterocycles. The van der Waals surface area contributed by atoms with E-state index >= 15 is 0 Å². The fraction of sp³-hybridized carbons (Fsp3) is 0.0714. The maximum absolute atomic E-state index is 12.7. The molecule has 23 heavy (non-hydrogen) atoms. The lowest BCUT2D eigenvalue weighted by Crippen LogP contribution is -2.20. The van der Waals surface area contributed by atoms with Crippen LogP contribution in [0.4, 0.5) is 0 Å². The van der Waals surface area contributed by atoms with Crippen molar-refractivity contribution >= 4 is 40.0 Å². The molecule has 0 spiro atoms. The molecule has 114 valence electrons. The largest absolute Gasteiger partial charge is 0.285 e. The summed E-state index contributed by atoms with van der Waals surface area (Å²) in [5, 5.41) is 13.0. The predicted molar refractivity (Wildman–Crippen MR) is 86.4 cm³/mol. The first-order valence-electron chi connectivity index (χ1n) is 6.61. The molecular weight excluding hydrogens is 339 g/mol. The van der Waals surface area contributed by atoms with E-state index in [1.807, 2.05) is 0 Å². The van der Waals surface area contributed by atoms with Crippen LogP contribution >= 0.6 is 23.2 Å². The van der Waals surface area contributed by atoms with Gasteiger partial charge in [0.05, 0.1) is 5.69 Å². The number of hydrogen-bond acceptors (Lipinski definition) is 5. The standard InChI is InChI=1S/C14H8Cl2N6O/c1-7-17-14-19-18-12-11(22(14)20-7)2-3-21(13(12)23)10-5-8(15)4-9(16)6-10/h2-6H,1H3. The molecule has 4 aromatic rings. The van der Waals surface area contributed by atoms with Crippen molar-refractivity contribution in [2.24, 2.45) is 0 Å². The molecule has 0 aliphatic heterocycles. The Morgan fingerprint density at radius 3 is 2.57 bits per heavy atom. The first-order chi connectivity index (χ1) is 11.0. The molecule has 1 aromatic carbocycles. The molecule has 3 heterocycles. The van der Waals surface area contributed by atoms with Crippen molar-refractivity contribution < 1.29 is 0 Å². The van der Waals surface area contributed by atoms with Crippen molar-refractivity contribution in [3.63, 3.8) is 0 Å². The van der Waals surface area contributed by atoms with Gasteiger partial charge in [0.1, 0.15) is 11.3 Å². The summed E-state index contributed by atoms with van der Waals surface area (Å²) in [6.45, 7) is 1.75. The van der Waals surface area contributed by atoms with Crippen LogP contribution in [-0.4, -0.2) is 29.4 Å². The van der Waals surface area contributed by atoms with Crippen LogP contribution in [0.1, 0.15) is 5.82 Å². The van der Waals surface area contributed by atoms with Crippen molar-refractivity contribution in [2.75, 3.05) is 0 Å². The van der Waals surface area contributed by atoms with Crippen LogP contribution in [0.15, 0.2) is 35.3 Å². The molecule has 7 nitrogen and oxygen atoms in total. The molecule has 0 saturated carbocycles. The number of nitrogens with zero attached hydrogens (tertiary/aromatic N) is 6. The molecule has 0 atom stereocenters. The van der Waals surface area contributed by atoms with Gasteiger partial charge in [0, 0.05) is 16.2 Å². The van der Waals surface area contributed by atoms with Gasteiger partial charge in [-0.2, -0.15) is 9.50 Å². The molecule has 0 N–H and O–H groups in total. The van der Waals surface area contributed by atoms with Crippen molar-refractivity contribution in [3.8, 4) is 5.69 Å². The lowest BCUT2D eigenvalue weighted by Gasteiger charge is -2.08. The molecule has 0 aliphatic rings. The van der Waals surface area contributed by atoms with E-state index in [1.165, 1.54) is 9.08 Å². The average molecular weight is 347 g/mol. The monoisotopic (exact) mass is 346 g/mol. The first-order valence-corrected chi connectivity index (χ1v) is 7.36. The zero-order valence-corrected chi connectivity index (χ0v) is 13.2. The number of pyridine rings is 1. The Kier molecular flexibility index (Phi) is 3.07. The highest BCUT2D eigenvalue weighted by molar-refractivity contribution is 6.34. The molecule has 0 amide bonds. The minimum atomic E-state index is -0.344. The predicted octanol–water partition coefficient (Wildman–Crippen LogP) is 2.44. The molecule has 4 rings (SSSR count). The Labute approximate surface area is 139 Å². The summed E-state index contributed by atoms with van der Waals surface area (Å²) in [4.78, 5) is 16.8. The summed E-state index contributed by atoms with van der Waals surface area (Å²) < 4.78 is 2.90. The maximum atomic E-state index is 12.7. The Balaban J connectivity index is 2.05. The molecule has 9 heteroatoms. The fourth-order valence-corrected chi connectivity index (χ4v) is 2.90. The molecule has 0 aliphatic carbocycles. The van der Waals surface area contributed by atoms with E-state index in [9.17, 15) is 4.79 Å². The summed E-state index contributed by atoms with van der Waals surface area (Å²) in [5.74, 6) is 0.899. The molecule has 0 fully saturated rings. The van der Waals surface area contributed by atoms with E-state index < -0.39 is 0 Å². The van der Waals surface area contributed by atoms with Crippen molar-refractivity contribution in [2.45, 2.75) is 6.92 Å². The highest BCUT2D eigenvalue weighted by Gasteiger charge is 2.12. The van der Waals surface area contributed by atoms with Crippen LogP contribution in [0, 0.1) is 6.92 Å². The van der Waals surface area contributed by atoms with E-state index in [4.69, 9.17) is 23.2 Å². The minimum Gasteiger partial charge on any atom is -0.282 e. The summed E-state index contributed by atoms with van der Waals surface area (Å²) in [7, 11) is 0. The second kappa shape index (κ2) is 5.00. The second-order valence-corrected chi connectivity index (χ2v) is 5.80. The average Bonchev–Trinajstić information content (AvgIpc) is 2.87. The van der Waals surface area contributed by atoms with Gasteiger partial charge in [0.15, 0.2) is 5.52 Å². The normalized spacial score (nSPS) is 11.4. The fourth-order valence-electron chi connectivity index (χ4n) is 2.39. The maximum Gasteiger partial charge on any atom is 0.285 e. The minimum absolute atomic E-state index is 0.181. The number of benzene rings is 1. The SMILES string of the molecule is Cc1nc2nnc3c(=O)n(-c4cc(Cl)cc(Cl)c4)ccc3n2n1. The lowest BCUT2D eigenvalue weighted by molar-refractivity contribution is 0.905. The first kappa shape index (κ1) is 14.1. The topological polar surface area (TPSA) is 78.0 Å². The van der Waals surface area contributed by atoms with E-state index in [-0.39, 0.29) is 11.1 Å². The van der Waals surface area contributed by atoms with E-state index in [0.717, 1.165) is 0 Å². The van der Waals surface area contributed by atoms with Crippen molar-refractivity contribution in [1.82, 2.24) is 29.4 Å². The summed E-state index contributed by atoms with van der Waals surface area (Å²) in [6.07, 6.45) is 1.62. The van der Waals surface area contributed by atoms with Gasteiger partial charge in [-0.3, -0.25) is 9.36 Å². The number of halogens is 2. The lowest BCUT2D eigenvalue weighted by atomic mass is 10.3. The van der Waals surface area contributed by atoms with Crippen LogP contribution in [-0.2, 0) is 0 Å². The summed E-state index contributed by atoms with van der Waals surface area (Å²) >= 11 is 12.0. The molecule has 0 radical (unpaired) electrons. The van der Waals surface area contributed by atoms with Gasteiger partial charge in [0.2, 0.25) is 0 Å². The third kappa shape index (κ3) is 2.25. The Morgan fingerprint density at radius 2 is 1.83 bits per heavy atom. The molecule has 3 aromatic heterocycles. The van der Waals surface area contributed by atoms with E-state index in [0.29, 0.717) is 32.9 Å². The summed E-state index contributed by atoms with van der Waals surface area (Å²) in [5.41, 5.74) is 0.917. The van der Waals surface area contributed by atoms with Crippen LogP contribution in [0.3, 0.4) is 0 Å². The molecule has 0 bridgehead atoms. The van der Waals surface area contributed by atoms with Gasteiger partial charge in [-0.25, -0.2) is 0 Å². The van der Waals surface area contributed by atoms with Gasteiger partial charge < -0.3 is 0 Å². The Hall–Kier alpha value is -2.51. The van der Waals surface area contributed by atoms with Gasteiger partial charge >= 0.3 is 0 Å². The van der Waals surface area contributed by atoms with Gasteiger partial charge in [-0.1, -0.05) is 23.2 Å². The highest BCUT2D eigenvalue weighted by atomic mass is 35.5. The quantitative estimate of drug-likeness (QED) is 0.529. The number of hydrogen-bond donors (Lipinski definition) is 0. The van der Waals surface area contributed by atoms with Crippen LogP contribution < -0.4 is 5.56 Å². The van der Waals surface area contributed by atoms with E-state index in [2.05, 4.69) is 20.3 Å². The Bertz CT molecular complexity index is 1110. The van der Waals surface area contributed by atoms with Gasteiger partial charge in [-0.15, -0.1) is 15.3 Å².